The third-order valence-corrected chi connectivity index (χ3v) is 5.14. The van der Waals surface area contributed by atoms with Gasteiger partial charge in [0.15, 0.2) is 5.78 Å². The summed E-state index contributed by atoms with van der Waals surface area (Å²) in [6.07, 6.45) is 5.95. The van der Waals surface area contributed by atoms with Crippen molar-refractivity contribution in [1.29, 1.82) is 0 Å². The predicted molar refractivity (Wildman–Crippen MR) is 67.2 cm³/mol. The number of ketones is 1. The molecular weight excluding hydrogens is 224 g/mol. The molecule has 0 aromatic carbocycles. The lowest BCUT2D eigenvalue weighted by Crippen LogP contribution is -2.13. The van der Waals surface area contributed by atoms with Crippen molar-refractivity contribution in [3.05, 3.63) is 27.7 Å². The highest BCUT2D eigenvalue weighted by molar-refractivity contribution is 8.00. The summed E-state index contributed by atoms with van der Waals surface area (Å²) >= 11 is 3.45. The Balaban J connectivity index is 2.59. The highest BCUT2D eigenvalue weighted by Gasteiger charge is 2.27. The maximum absolute atomic E-state index is 12.2. The Morgan fingerprint density at radius 3 is 2.73 bits per heavy atom. The summed E-state index contributed by atoms with van der Waals surface area (Å²) in [5.74, 6) is 0.257. The van der Waals surface area contributed by atoms with Gasteiger partial charge >= 0.3 is 0 Å². The van der Waals surface area contributed by atoms with Gasteiger partial charge in [0.25, 0.3) is 0 Å². The number of thiophene rings is 1. The topological polar surface area (TPSA) is 17.1 Å². The summed E-state index contributed by atoms with van der Waals surface area (Å²) in [5, 5.41) is 0. The quantitative estimate of drug-likeness (QED) is 0.546. The van der Waals surface area contributed by atoms with E-state index in [1.807, 2.05) is 19.3 Å². The monoisotopic (exact) mass is 238 g/mol. The Morgan fingerprint density at radius 1 is 1.40 bits per heavy atom. The average molecular weight is 238 g/mol. The molecule has 0 spiro atoms. The van der Waals surface area contributed by atoms with Gasteiger partial charge < -0.3 is 0 Å². The molecule has 0 saturated heterocycles. The van der Waals surface area contributed by atoms with Crippen molar-refractivity contribution >= 4 is 28.9 Å². The summed E-state index contributed by atoms with van der Waals surface area (Å²) in [5.41, 5.74) is 3.26. The van der Waals surface area contributed by atoms with E-state index in [9.17, 15) is 4.79 Å². The highest BCUT2D eigenvalue weighted by Crippen LogP contribution is 2.40. The molecule has 1 heterocycles. The van der Waals surface area contributed by atoms with Crippen molar-refractivity contribution in [3.63, 3.8) is 0 Å². The average Bonchev–Trinajstić information content (AvgIpc) is 2.57. The highest BCUT2D eigenvalue weighted by atomic mass is 32.2. The predicted octanol–water partition coefficient (Wildman–Crippen LogP) is 3.85. The Kier molecular flexibility index (Phi) is 3.03. The van der Waals surface area contributed by atoms with Gasteiger partial charge in [-0.25, -0.2) is 0 Å². The maximum Gasteiger partial charge on any atom is 0.190 e. The van der Waals surface area contributed by atoms with Crippen LogP contribution >= 0.6 is 23.1 Å². The number of carbonyl (C=O) groups excluding carboxylic acids is 1. The van der Waals surface area contributed by atoms with Crippen molar-refractivity contribution in [1.82, 2.24) is 0 Å². The van der Waals surface area contributed by atoms with E-state index < -0.39 is 0 Å². The molecular formula is C12H14OS2. The Labute approximate surface area is 98.6 Å². The number of thioether (sulfide) groups is 1. The number of hydrogen-bond acceptors (Lipinski definition) is 3. The van der Waals surface area contributed by atoms with E-state index in [0.717, 1.165) is 24.0 Å². The second-order valence-electron chi connectivity index (χ2n) is 3.65. The first-order chi connectivity index (χ1) is 7.19. The number of fused-ring (bicyclic) bond motifs is 1. The van der Waals surface area contributed by atoms with Crippen LogP contribution in [0.4, 0.5) is 0 Å². The van der Waals surface area contributed by atoms with Crippen LogP contribution in [0.1, 0.15) is 34.1 Å². The fourth-order valence-electron chi connectivity index (χ4n) is 2.03. The second-order valence-corrected chi connectivity index (χ2v) is 5.95. The molecule has 0 N–H and O–H groups in total. The van der Waals surface area contributed by atoms with Crippen molar-refractivity contribution in [2.75, 3.05) is 6.26 Å². The minimum absolute atomic E-state index is 0.257. The van der Waals surface area contributed by atoms with Crippen LogP contribution in [0.5, 0.6) is 0 Å². The lowest BCUT2D eigenvalue weighted by atomic mass is 9.88. The van der Waals surface area contributed by atoms with Crippen molar-refractivity contribution < 1.29 is 4.79 Å². The molecule has 0 aliphatic heterocycles. The van der Waals surface area contributed by atoms with Gasteiger partial charge in [0.2, 0.25) is 0 Å². The number of hydrogen-bond donors (Lipinski definition) is 0. The molecule has 1 nitrogen and oxygen atoms in total. The zero-order valence-electron chi connectivity index (χ0n) is 9.22. The van der Waals surface area contributed by atoms with E-state index in [2.05, 4.69) is 6.92 Å². The normalized spacial score (nSPS) is 18.3. The van der Waals surface area contributed by atoms with Crippen molar-refractivity contribution in [2.24, 2.45) is 0 Å². The molecule has 2 rings (SSSR count). The standard InChI is InChI=1S/C12H14OS2/c1-4-8-5-6-9-7(2)15-12(14-3)10(9)11(8)13/h4H,5-6H2,1-3H3/b8-4+. The van der Waals surface area contributed by atoms with E-state index in [0.29, 0.717) is 0 Å². The Morgan fingerprint density at radius 2 is 2.13 bits per heavy atom. The van der Waals surface area contributed by atoms with Gasteiger partial charge in [-0.05, 0) is 44.1 Å². The molecule has 3 heteroatoms. The number of allylic oxidation sites excluding steroid dienone is 2. The van der Waals surface area contributed by atoms with Crippen molar-refractivity contribution in [3.8, 4) is 0 Å². The molecule has 1 aromatic rings. The molecule has 0 saturated carbocycles. The van der Waals surface area contributed by atoms with Crippen LogP contribution in [-0.4, -0.2) is 12.0 Å². The molecule has 0 unspecified atom stereocenters. The van der Waals surface area contributed by atoms with Crippen LogP contribution < -0.4 is 0 Å². The number of rotatable bonds is 1. The first-order valence-corrected chi connectivity index (χ1v) is 7.09. The van der Waals surface area contributed by atoms with Gasteiger partial charge in [0.1, 0.15) is 0 Å². The van der Waals surface area contributed by atoms with E-state index >= 15 is 0 Å². The molecule has 15 heavy (non-hydrogen) atoms. The summed E-state index contributed by atoms with van der Waals surface area (Å²) in [6, 6.07) is 0. The van der Waals surface area contributed by atoms with E-state index in [1.165, 1.54) is 14.6 Å². The number of carbonyl (C=O) groups is 1. The lowest BCUT2D eigenvalue weighted by Gasteiger charge is -2.15. The number of aryl methyl sites for hydroxylation is 1. The van der Waals surface area contributed by atoms with E-state index in [1.54, 1.807) is 23.1 Å². The molecule has 0 fully saturated rings. The van der Waals surface area contributed by atoms with Crippen LogP contribution in [0.2, 0.25) is 0 Å². The third-order valence-electron chi connectivity index (χ3n) is 2.87. The first-order valence-electron chi connectivity index (χ1n) is 5.05. The van der Waals surface area contributed by atoms with Crippen LogP contribution in [0.25, 0.3) is 0 Å². The first kappa shape index (κ1) is 11.0. The molecule has 80 valence electrons. The Hall–Kier alpha value is -0.540. The fraction of sp³-hybridized carbons (Fsp3) is 0.417. The van der Waals surface area contributed by atoms with E-state index in [4.69, 9.17) is 0 Å². The lowest BCUT2D eigenvalue weighted by molar-refractivity contribution is 0.102. The zero-order valence-corrected chi connectivity index (χ0v) is 10.8. The zero-order chi connectivity index (χ0) is 11.0. The smallest absolute Gasteiger partial charge is 0.190 e. The summed E-state index contributed by atoms with van der Waals surface area (Å²) in [7, 11) is 0. The van der Waals surface area contributed by atoms with Gasteiger partial charge in [-0.1, -0.05) is 6.08 Å². The Bertz CT molecular complexity index is 441. The molecule has 0 radical (unpaired) electrons. The van der Waals surface area contributed by atoms with Crippen LogP contribution in [0.3, 0.4) is 0 Å². The van der Waals surface area contributed by atoms with Gasteiger partial charge in [-0.15, -0.1) is 23.1 Å². The number of Topliss-reactive ketones (excluding diaryl/α,β-unsaturated/α-hetero) is 1. The van der Waals surface area contributed by atoms with Crippen LogP contribution in [0.15, 0.2) is 15.9 Å². The summed E-state index contributed by atoms with van der Waals surface area (Å²) in [6.45, 7) is 4.08. The molecule has 1 aliphatic rings. The maximum atomic E-state index is 12.2. The van der Waals surface area contributed by atoms with Gasteiger partial charge in [0.05, 0.1) is 9.77 Å². The van der Waals surface area contributed by atoms with E-state index in [-0.39, 0.29) is 5.78 Å². The largest absolute Gasteiger partial charge is 0.289 e. The van der Waals surface area contributed by atoms with Crippen LogP contribution in [-0.2, 0) is 6.42 Å². The van der Waals surface area contributed by atoms with Gasteiger partial charge in [-0.2, -0.15) is 0 Å². The second kappa shape index (κ2) is 4.14. The van der Waals surface area contributed by atoms with Gasteiger partial charge in [-0.3, -0.25) is 4.79 Å². The third kappa shape index (κ3) is 1.68. The fourth-order valence-corrected chi connectivity index (χ4v) is 4.09. The molecule has 0 bridgehead atoms. The summed E-state index contributed by atoms with van der Waals surface area (Å²) in [4.78, 5) is 13.5. The SMILES string of the molecule is C/C=C1\CCc2c(C)sc(SC)c2C1=O. The molecule has 1 aromatic heterocycles. The minimum atomic E-state index is 0.257. The summed E-state index contributed by atoms with van der Waals surface area (Å²) < 4.78 is 1.19. The minimum Gasteiger partial charge on any atom is -0.289 e. The van der Waals surface area contributed by atoms with Crippen LogP contribution in [0, 0.1) is 6.92 Å². The van der Waals surface area contributed by atoms with Crippen molar-refractivity contribution in [2.45, 2.75) is 30.9 Å². The molecule has 1 aliphatic carbocycles. The molecule has 0 atom stereocenters. The molecule has 0 amide bonds. The van der Waals surface area contributed by atoms with Gasteiger partial charge in [0, 0.05) is 4.88 Å².